The molecule has 0 spiro atoms. The largest absolute Gasteiger partial charge is 0.492 e. The van der Waals surface area contributed by atoms with Gasteiger partial charge in [0.15, 0.2) is 5.78 Å². The minimum atomic E-state index is 0.223. The molecule has 2 aliphatic rings. The van der Waals surface area contributed by atoms with E-state index in [1.807, 2.05) is 48.5 Å². The van der Waals surface area contributed by atoms with Crippen LogP contribution in [0.15, 0.2) is 67.0 Å². The smallest absolute Gasteiger partial charge is 0.163 e. The lowest BCUT2D eigenvalue weighted by Crippen LogP contribution is -2.38. The maximum Gasteiger partial charge on any atom is 0.163 e. The van der Waals surface area contributed by atoms with Crippen molar-refractivity contribution in [1.29, 1.82) is 0 Å². The third-order valence-electron chi connectivity index (χ3n) is 6.88. The van der Waals surface area contributed by atoms with Crippen molar-refractivity contribution in [2.75, 3.05) is 39.5 Å². The fraction of sp³-hybridized carbons (Fsp3) is 0.276. The number of morpholine rings is 1. The fourth-order valence-corrected chi connectivity index (χ4v) is 4.88. The number of aromatic nitrogens is 3. The van der Waals surface area contributed by atoms with Crippen LogP contribution in [-0.2, 0) is 11.2 Å². The molecule has 7 heteroatoms. The van der Waals surface area contributed by atoms with Gasteiger partial charge < -0.3 is 14.5 Å². The highest BCUT2D eigenvalue weighted by atomic mass is 16.5. The van der Waals surface area contributed by atoms with Gasteiger partial charge in [0, 0.05) is 60.7 Å². The zero-order valence-electron chi connectivity index (χ0n) is 20.1. The molecule has 36 heavy (non-hydrogen) atoms. The third kappa shape index (κ3) is 4.67. The second kappa shape index (κ2) is 10.0. The van der Waals surface area contributed by atoms with E-state index in [-0.39, 0.29) is 5.78 Å². The van der Waals surface area contributed by atoms with Crippen molar-refractivity contribution >= 4 is 5.78 Å². The van der Waals surface area contributed by atoms with Crippen molar-refractivity contribution in [1.82, 2.24) is 19.9 Å². The maximum absolute atomic E-state index is 12.1. The van der Waals surface area contributed by atoms with E-state index < -0.39 is 0 Å². The van der Waals surface area contributed by atoms with Crippen LogP contribution in [0.3, 0.4) is 0 Å². The molecule has 1 aliphatic heterocycles. The summed E-state index contributed by atoms with van der Waals surface area (Å²) >= 11 is 0. The van der Waals surface area contributed by atoms with Crippen LogP contribution in [0.4, 0.5) is 0 Å². The molecule has 0 amide bonds. The molecule has 0 radical (unpaired) electrons. The number of pyridine rings is 1. The second-order valence-corrected chi connectivity index (χ2v) is 9.17. The van der Waals surface area contributed by atoms with Crippen molar-refractivity contribution in [3.63, 3.8) is 0 Å². The third-order valence-corrected chi connectivity index (χ3v) is 6.88. The summed E-state index contributed by atoms with van der Waals surface area (Å²) < 4.78 is 11.4. The number of ketones is 1. The number of fused-ring (bicyclic) bond motifs is 1. The number of benzene rings is 2. The molecule has 0 unspecified atom stereocenters. The van der Waals surface area contributed by atoms with Gasteiger partial charge in [-0.3, -0.25) is 14.7 Å². The highest BCUT2D eigenvalue weighted by Gasteiger charge is 2.22. The number of ether oxygens (including phenoxy) is 2. The van der Waals surface area contributed by atoms with Gasteiger partial charge in [-0.1, -0.05) is 12.1 Å². The summed E-state index contributed by atoms with van der Waals surface area (Å²) in [4.78, 5) is 27.2. The standard InChI is InChI=1S/C29H28N4O3/c34-26-8-4-22-19-23(3-7-25(22)26)28-27(20-9-11-30-12-10-20)31-29(32-28)21-1-5-24(6-2-21)36-18-15-33-13-16-35-17-14-33/h1-3,5-7,9-12,19H,4,8,13-18H2,(H,31,32). The number of aryl methyl sites for hydroxylation is 1. The minimum Gasteiger partial charge on any atom is -0.492 e. The van der Waals surface area contributed by atoms with Crippen LogP contribution in [-0.4, -0.2) is 65.1 Å². The van der Waals surface area contributed by atoms with Crippen molar-refractivity contribution in [3.8, 4) is 39.7 Å². The van der Waals surface area contributed by atoms with Crippen LogP contribution in [0, 0.1) is 0 Å². The Morgan fingerprint density at radius 1 is 0.917 bits per heavy atom. The molecule has 1 saturated heterocycles. The van der Waals surface area contributed by atoms with Crippen LogP contribution < -0.4 is 4.74 Å². The van der Waals surface area contributed by atoms with Crippen molar-refractivity contribution in [3.05, 3.63) is 78.1 Å². The van der Waals surface area contributed by atoms with Crippen LogP contribution in [0.25, 0.3) is 33.9 Å². The van der Waals surface area contributed by atoms with E-state index in [2.05, 4.69) is 20.9 Å². The topological polar surface area (TPSA) is 80.3 Å². The first-order chi connectivity index (χ1) is 17.7. The van der Waals surface area contributed by atoms with Gasteiger partial charge in [0.25, 0.3) is 0 Å². The normalized spacial score (nSPS) is 15.7. The zero-order valence-corrected chi connectivity index (χ0v) is 20.1. The van der Waals surface area contributed by atoms with Crippen molar-refractivity contribution < 1.29 is 14.3 Å². The summed E-state index contributed by atoms with van der Waals surface area (Å²) in [5, 5.41) is 0. The number of H-pyrrole nitrogens is 1. The molecule has 3 heterocycles. The number of hydrogen-bond acceptors (Lipinski definition) is 6. The van der Waals surface area contributed by atoms with Gasteiger partial charge in [-0.05, 0) is 54.4 Å². The SMILES string of the molecule is O=C1CCc2cc(-c3nc(-c4ccc(OCCN5CCOCC5)cc4)[nH]c3-c3ccncc3)ccc21. The number of nitrogens with one attached hydrogen (secondary N) is 1. The molecular formula is C29H28N4O3. The van der Waals surface area contributed by atoms with E-state index in [1.165, 1.54) is 0 Å². The van der Waals surface area contributed by atoms with Crippen molar-refractivity contribution in [2.45, 2.75) is 12.8 Å². The molecule has 7 nitrogen and oxygen atoms in total. The average molecular weight is 481 g/mol. The van der Waals surface area contributed by atoms with Gasteiger partial charge in [0.05, 0.1) is 24.6 Å². The van der Waals surface area contributed by atoms with Crippen LogP contribution in [0.1, 0.15) is 22.3 Å². The summed E-state index contributed by atoms with van der Waals surface area (Å²) in [6, 6.07) is 18.0. The molecule has 0 saturated carbocycles. The predicted molar refractivity (Wildman–Crippen MR) is 138 cm³/mol. The number of imidazole rings is 1. The average Bonchev–Trinajstić information content (AvgIpc) is 3.54. The van der Waals surface area contributed by atoms with Crippen LogP contribution in [0.2, 0.25) is 0 Å². The number of Topliss-reactive ketones (excluding diaryl/α,β-unsaturated/α-hetero) is 1. The number of carbonyl (C=O) groups is 1. The second-order valence-electron chi connectivity index (χ2n) is 9.17. The highest BCUT2D eigenvalue weighted by molar-refractivity contribution is 6.01. The number of nitrogens with zero attached hydrogens (tertiary/aromatic N) is 3. The summed E-state index contributed by atoms with van der Waals surface area (Å²) in [5.41, 5.74) is 6.73. The van der Waals surface area contributed by atoms with Gasteiger partial charge in [-0.25, -0.2) is 4.98 Å². The molecule has 1 aliphatic carbocycles. The Balaban J connectivity index is 1.25. The Kier molecular flexibility index (Phi) is 6.32. The lowest BCUT2D eigenvalue weighted by molar-refractivity contribution is 0.0322. The summed E-state index contributed by atoms with van der Waals surface area (Å²) in [5.74, 6) is 1.85. The molecule has 2 aromatic heterocycles. The molecule has 6 rings (SSSR count). The molecular weight excluding hydrogens is 452 g/mol. The van der Waals surface area contributed by atoms with E-state index in [0.29, 0.717) is 13.0 Å². The Morgan fingerprint density at radius 3 is 2.50 bits per heavy atom. The minimum absolute atomic E-state index is 0.223. The van der Waals surface area contributed by atoms with E-state index in [0.717, 1.165) is 90.0 Å². The fourth-order valence-electron chi connectivity index (χ4n) is 4.88. The van der Waals surface area contributed by atoms with Crippen LogP contribution in [0.5, 0.6) is 5.75 Å². The van der Waals surface area contributed by atoms with Gasteiger partial charge in [0.2, 0.25) is 0 Å². The van der Waals surface area contributed by atoms with Crippen molar-refractivity contribution in [2.24, 2.45) is 0 Å². The van der Waals surface area contributed by atoms with Gasteiger partial charge in [0.1, 0.15) is 18.2 Å². The van der Waals surface area contributed by atoms with Crippen LogP contribution >= 0.6 is 0 Å². The first-order valence-corrected chi connectivity index (χ1v) is 12.4. The monoisotopic (exact) mass is 480 g/mol. The predicted octanol–water partition coefficient (Wildman–Crippen LogP) is 4.65. The molecule has 4 aromatic rings. The Hall–Kier alpha value is -3.81. The lowest BCUT2D eigenvalue weighted by atomic mass is 10.0. The van der Waals surface area contributed by atoms with Gasteiger partial charge in [-0.2, -0.15) is 0 Å². The molecule has 0 atom stereocenters. The maximum atomic E-state index is 12.1. The first kappa shape index (κ1) is 22.6. The quantitative estimate of drug-likeness (QED) is 0.415. The Morgan fingerprint density at radius 2 is 1.69 bits per heavy atom. The van der Waals surface area contributed by atoms with Gasteiger partial charge >= 0.3 is 0 Å². The van der Waals surface area contributed by atoms with E-state index >= 15 is 0 Å². The van der Waals surface area contributed by atoms with Gasteiger partial charge in [-0.15, -0.1) is 0 Å². The molecule has 2 aromatic carbocycles. The molecule has 0 bridgehead atoms. The number of hydrogen-bond donors (Lipinski definition) is 1. The summed E-state index contributed by atoms with van der Waals surface area (Å²) in [6.07, 6.45) is 4.94. The molecule has 182 valence electrons. The summed E-state index contributed by atoms with van der Waals surface area (Å²) in [6.45, 7) is 5.06. The van der Waals surface area contributed by atoms with E-state index in [4.69, 9.17) is 14.5 Å². The highest BCUT2D eigenvalue weighted by Crippen LogP contribution is 2.35. The number of carbonyl (C=O) groups excluding carboxylic acids is 1. The molecule has 1 N–H and O–H groups in total. The molecule has 1 fully saturated rings. The number of aromatic amines is 1. The lowest BCUT2D eigenvalue weighted by Gasteiger charge is -2.26. The first-order valence-electron chi connectivity index (χ1n) is 12.4. The summed E-state index contributed by atoms with van der Waals surface area (Å²) in [7, 11) is 0. The Labute approximate surface area is 210 Å². The zero-order chi connectivity index (χ0) is 24.3. The van der Waals surface area contributed by atoms with E-state index in [9.17, 15) is 4.79 Å². The van der Waals surface area contributed by atoms with E-state index in [1.54, 1.807) is 12.4 Å². The Bertz CT molecular complexity index is 1360. The number of rotatable bonds is 7.